The minimum absolute atomic E-state index is 0.591. The smallest absolute Gasteiger partial charge is 0.328 e. The molecular formula is C17H11ClO2. The first-order valence-corrected chi connectivity index (χ1v) is 6.55. The van der Waals surface area contributed by atoms with E-state index in [1.807, 2.05) is 42.5 Å². The topological polar surface area (TPSA) is 37.3 Å². The zero-order valence-corrected chi connectivity index (χ0v) is 11.3. The highest BCUT2D eigenvalue weighted by Gasteiger charge is 2.16. The maximum Gasteiger partial charge on any atom is 0.328 e. The number of carboxylic acids is 1. The van der Waals surface area contributed by atoms with Gasteiger partial charge in [0.25, 0.3) is 0 Å². The van der Waals surface area contributed by atoms with Crippen molar-refractivity contribution in [2.24, 2.45) is 0 Å². The van der Waals surface area contributed by atoms with E-state index in [0.717, 1.165) is 22.3 Å². The Morgan fingerprint density at radius 1 is 1.00 bits per heavy atom. The molecule has 0 aliphatic heterocycles. The number of carboxylic acid groups (broad SMARTS) is 1. The van der Waals surface area contributed by atoms with Crippen molar-refractivity contribution in [3.63, 3.8) is 0 Å². The van der Waals surface area contributed by atoms with Gasteiger partial charge in [-0.25, -0.2) is 4.79 Å². The number of aliphatic carboxylic acids is 1. The van der Waals surface area contributed by atoms with Crippen LogP contribution in [0.1, 0.15) is 22.3 Å². The molecule has 1 aliphatic carbocycles. The molecule has 0 saturated carbocycles. The molecule has 0 amide bonds. The third-order valence-corrected chi connectivity index (χ3v) is 3.50. The fourth-order valence-corrected chi connectivity index (χ4v) is 2.57. The molecule has 20 heavy (non-hydrogen) atoms. The van der Waals surface area contributed by atoms with Gasteiger partial charge in [0.05, 0.1) is 0 Å². The lowest BCUT2D eigenvalue weighted by Crippen LogP contribution is -1.97. The summed E-state index contributed by atoms with van der Waals surface area (Å²) in [5.41, 5.74) is 4.36. The zero-order valence-electron chi connectivity index (χ0n) is 10.5. The molecule has 0 saturated heterocycles. The van der Waals surface area contributed by atoms with Crippen LogP contribution in [0.15, 0.2) is 48.5 Å². The number of hydrogen-bond acceptors (Lipinski definition) is 1. The van der Waals surface area contributed by atoms with Gasteiger partial charge < -0.3 is 5.11 Å². The highest BCUT2D eigenvalue weighted by Crippen LogP contribution is 2.34. The Morgan fingerprint density at radius 3 is 2.45 bits per heavy atom. The lowest BCUT2D eigenvalue weighted by molar-refractivity contribution is -0.131. The predicted octanol–water partition coefficient (Wildman–Crippen LogP) is 4.34. The fraction of sp³-hybridized carbons (Fsp3) is 0. The molecule has 0 spiro atoms. The number of rotatable bonds is 1. The Hall–Kier alpha value is -2.32. The first-order chi connectivity index (χ1) is 9.65. The Kier molecular flexibility index (Phi) is 3.17. The van der Waals surface area contributed by atoms with E-state index >= 15 is 0 Å². The van der Waals surface area contributed by atoms with Crippen LogP contribution in [0, 0.1) is 0 Å². The van der Waals surface area contributed by atoms with Crippen LogP contribution in [0.5, 0.6) is 0 Å². The number of hydrogen-bond donors (Lipinski definition) is 1. The largest absolute Gasteiger partial charge is 0.478 e. The number of halogens is 1. The summed E-state index contributed by atoms with van der Waals surface area (Å²) >= 11 is 6.06. The van der Waals surface area contributed by atoms with E-state index in [9.17, 15) is 4.79 Å². The maximum absolute atomic E-state index is 11.2. The maximum atomic E-state index is 11.2. The van der Waals surface area contributed by atoms with Gasteiger partial charge in [-0.15, -0.1) is 0 Å². The van der Waals surface area contributed by atoms with Gasteiger partial charge >= 0.3 is 5.97 Å². The molecule has 2 nitrogen and oxygen atoms in total. The van der Waals surface area contributed by atoms with E-state index < -0.39 is 5.97 Å². The summed E-state index contributed by atoms with van der Waals surface area (Å²) in [5, 5.41) is 9.74. The molecule has 2 aromatic carbocycles. The molecule has 1 aliphatic rings. The molecule has 0 fully saturated rings. The Labute approximate surface area is 121 Å². The van der Waals surface area contributed by atoms with Gasteiger partial charge in [-0.3, -0.25) is 0 Å². The van der Waals surface area contributed by atoms with Crippen molar-refractivity contribution >= 4 is 35.3 Å². The fourth-order valence-electron chi connectivity index (χ4n) is 2.40. The summed E-state index contributed by atoms with van der Waals surface area (Å²) in [5.74, 6) is -0.970. The molecule has 0 unspecified atom stereocenters. The molecule has 3 heteroatoms. The van der Waals surface area contributed by atoms with Crippen molar-refractivity contribution in [3.05, 3.63) is 75.8 Å². The quantitative estimate of drug-likeness (QED) is 0.674. The first kappa shape index (κ1) is 12.7. The Morgan fingerprint density at radius 2 is 1.70 bits per heavy atom. The average molecular weight is 283 g/mol. The van der Waals surface area contributed by atoms with Gasteiger partial charge in [0.15, 0.2) is 0 Å². The van der Waals surface area contributed by atoms with Crippen LogP contribution < -0.4 is 0 Å². The summed E-state index contributed by atoms with van der Waals surface area (Å²) in [7, 11) is 0. The number of carbonyl (C=O) groups is 1. The van der Waals surface area contributed by atoms with E-state index in [4.69, 9.17) is 16.7 Å². The lowest BCUT2D eigenvalue weighted by Gasteiger charge is -2.11. The van der Waals surface area contributed by atoms with Crippen LogP contribution in [0.25, 0.3) is 17.7 Å². The summed E-state index contributed by atoms with van der Waals surface area (Å²) in [6.07, 6.45) is 5.21. The van der Waals surface area contributed by atoms with Gasteiger partial charge in [-0.1, -0.05) is 54.1 Å². The summed E-state index contributed by atoms with van der Waals surface area (Å²) < 4.78 is 0. The van der Waals surface area contributed by atoms with E-state index in [1.54, 1.807) is 12.1 Å². The number of fused-ring (bicyclic) bond motifs is 2. The monoisotopic (exact) mass is 282 g/mol. The van der Waals surface area contributed by atoms with Gasteiger partial charge in [-0.2, -0.15) is 0 Å². The summed E-state index contributed by atoms with van der Waals surface area (Å²) in [6.45, 7) is 0. The molecule has 0 radical (unpaired) electrons. The highest BCUT2D eigenvalue weighted by molar-refractivity contribution is 6.31. The average Bonchev–Trinajstić information content (AvgIpc) is 2.57. The van der Waals surface area contributed by atoms with Gasteiger partial charge in [0, 0.05) is 11.1 Å². The molecule has 98 valence electrons. The minimum Gasteiger partial charge on any atom is -0.478 e. The van der Waals surface area contributed by atoms with Gasteiger partial charge in [-0.05, 0) is 40.0 Å². The lowest BCUT2D eigenvalue weighted by atomic mass is 9.93. The highest BCUT2D eigenvalue weighted by atomic mass is 35.5. The van der Waals surface area contributed by atoms with Gasteiger partial charge in [0.1, 0.15) is 0 Å². The van der Waals surface area contributed by atoms with Crippen molar-refractivity contribution < 1.29 is 9.90 Å². The summed E-state index contributed by atoms with van der Waals surface area (Å²) in [6, 6.07) is 13.2. The normalized spacial score (nSPS) is 14.6. The van der Waals surface area contributed by atoms with Gasteiger partial charge in [0.2, 0.25) is 0 Å². The van der Waals surface area contributed by atoms with Crippen LogP contribution in [0.3, 0.4) is 0 Å². The number of benzene rings is 2. The minimum atomic E-state index is -0.970. The first-order valence-electron chi connectivity index (χ1n) is 6.17. The summed E-state index contributed by atoms with van der Waals surface area (Å²) in [4.78, 5) is 11.2. The van der Waals surface area contributed by atoms with E-state index in [1.165, 1.54) is 6.08 Å². The van der Waals surface area contributed by atoms with Crippen molar-refractivity contribution in [1.82, 2.24) is 0 Å². The molecule has 1 N–H and O–H groups in total. The second-order valence-corrected chi connectivity index (χ2v) is 4.98. The second-order valence-electron chi connectivity index (χ2n) is 4.55. The van der Waals surface area contributed by atoms with Crippen molar-refractivity contribution in [2.75, 3.05) is 0 Å². The van der Waals surface area contributed by atoms with E-state index in [-0.39, 0.29) is 0 Å². The molecule has 0 aromatic heterocycles. The van der Waals surface area contributed by atoms with E-state index in [0.29, 0.717) is 10.6 Å². The van der Waals surface area contributed by atoms with Crippen LogP contribution >= 0.6 is 11.6 Å². The third-order valence-electron chi connectivity index (χ3n) is 3.27. The zero-order chi connectivity index (χ0) is 14.1. The molecule has 0 heterocycles. The van der Waals surface area contributed by atoms with Crippen LogP contribution in [-0.2, 0) is 4.79 Å². The van der Waals surface area contributed by atoms with Crippen LogP contribution in [0.2, 0.25) is 5.02 Å². The van der Waals surface area contributed by atoms with E-state index in [2.05, 4.69) is 0 Å². The molecule has 3 rings (SSSR count). The Bertz CT molecular complexity index is 757. The van der Waals surface area contributed by atoms with Crippen LogP contribution in [0.4, 0.5) is 0 Å². The van der Waals surface area contributed by atoms with Crippen molar-refractivity contribution in [2.45, 2.75) is 0 Å². The molecule has 2 aromatic rings. The SMILES string of the molecule is O=C(O)C=C1c2ccccc2C=Cc2ccc(Cl)cc21. The third kappa shape index (κ3) is 2.26. The molecular weight excluding hydrogens is 272 g/mol. The second kappa shape index (κ2) is 4.99. The van der Waals surface area contributed by atoms with Crippen molar-refractivity contribution in [3.8, 4) is 0 Å². The Balaban J connectivity index is 2.35. The van der Waals surface area contributed by atoms with Crippen LogP contribution in [-0.4, -0.2) is 11.1 Å². The molecule has 0 atom stereocenters. The predicted molar refractivity (Wildman–Crippen MR) is 81.5 cm³/mol. The molecule has 0 bridgehead atoms. The standard InChI is InChI=1S/C17H11ClO2/c18-13-8-7-12-6-5-11-3-1-2-4-14(11)16(10-17(19)20)15(12)9-13/h1-10H,(H,19,20). The van der Waals surface area contributed by atoms with Crippen molar-refractivity contribution in [1.29, 1.82) is 0 Å².